The number of hydrogen-bond acceptors (Lipinski definition) is 5. The van der Waals surface area contributed by atoms with Gasteiger partial charge < -0.3 is 4.90 Å². The van der Waals surface area contributed by atoms with E-state index in [1.807, 2.05) is 13.0 Å². The molecule has 8 heteroatoms. The van der Waals surface area contributed by atoms with Crippen molar-refractivity contribution in [3.8, 4) is 0 Å². The van der Waals surface area contributed by atoms with Gasteiger partial charge in [-0.05, 0) is 31.5 Å². The van der Waals surface area contributed by atoms with Crippen LogP contribution < -0.4 is 4.90 Å². The first-order valence-electron chi connectivity index (χ1n) is 9.05. The zero-order valence-corrected chi connectivity index (χ0v) is 17.7. The van der Waals surface area contributed by atoms with E-state index in [1.54, 1.807) is 19.1 Å². The molecule has 1 aromatic carbocycles. The molecule has 0 N–H and O–H groups in total. The maximum absolute atomic E-state index is 13.0. The predicted octanol–water partition coefficient (Wildman–Crippen LogP) is 3.38. The Hall–Kier alpha value is -1.70. The maximum Gasteiger partial charge on any atom is 0.243 e. The van der Waals surface area contributed by atoms with Crippen LogP contribution in [0.3, 0.4) is 0 Å². The van der Waals surface area contributed by atoms with Crippen molar-refractivity contribution >= 4 is 27.4 Å². The van der Waals surface area contributed by atoms with Crippen LogP contribution in [0, 0.1) is 13.8 Å². The van der Waals surface area contributed by atoms with Crippen LogP contribution in [0.5, 0.6) is 0 Å². The minimum absolute atomic E-state index is 0.246. The van der Waals surface area contributed by atoms with E-state index in [9.17, 15) is 8.42 Å². The molecule has 2 aromatic rings. The quantitative estimate of drug-likeness (QED) is 0.775. The molecule has 2 heterocycles. The Bertz CT molecular complexity index is 939. The molecular weight excluding hydrogens is 384 g/mol. The first-order chi connectivity index (χ1) is 12.7. The van der Waals surface area contributed by atoms with Crippen molar-refractivity contribution in [1.29, 1.82) is 0 Å². The van der Waals surface area contributed by atoms with Crippen LogP contribution in [0.15, 0.2) is 29.2 Å². The molecule has 27 heavy (non-hydrogen) atoms. The lowest BCUT2D eigenvalue weighted by molar-refractivity contribution is 0.383. The fourth-order valence-corrected chi connectivity index (χ4v) is 5.05. The van der Waals surface area contributed by atoms with Gasteiger partial charge in [-0.2, -0.15) is 4.31 Å². The van der Waals surface area contributed by atoms with Crippen molar-refractivity contribution in [3.63, 3.8) is 0 Å². The molecule has 0 atom stereocenters. The third-order valence-electron chi connectivity index (χ3n) is 4.71. The lowest BCUT2D eigenvalue weighted by Crippen LogP contribution is -2.49. The molecule has 1 aliphatic rings. The van der Waals surface area contributed by atoms with Gasteiger partial charge in [-0.3, -0.25) is 0 Å². The molecule has 3 rings (SSSR count). The van der Waals surface area contributed by atoms with E-state index in [4.69, 9.17) is 11.6 Å². The molecule has 0 radical (unpaired) electrons. The number of sulfonamides is 1. The third-order valence-corrected chi connectivity index (χ3v) is 6.98. The summed E-state index contributed by atoms with van der Waals surface area (Å²) in [4.78, 5) is 11.5. The minimum atomic E-state index is -3.56. The Labute approximate surface area is 166 Å². The summed E-state index contributed by atoms with van der Waals surface area (Å²) in [5, 5.41) is 0.426. The van der Waals surface area contributed by atoms with Gasteiger partial charge in [0, 0.05) is 48.9 Å². The SMILES string of the molecule is Cc1cc(N2CCN(S(=O)(=O)c3cc(Cl)ccc3C)CC2)nc(C(C)C)n1. The number of nitrogens with zero attached hydrogens (tertiary/aromatic N) is 4. The highest BCUT2D eigenvalue weighted by Gasteiger charge is 2.30. The van der Waals surface area contributed by atoms with Gasteiger partial charge in [-0.1, -0.05) is 31.5 Å². The standard InChI is InChI=1S/C19H25ClN4O2S/c1-13(2)19-21-15(4)11-18(22-19)23-7-9-24(10-8-23)27(25,26)17-12-16(20)6-5-14(17)3/h5-6,11-13H,7-10H2,1-4H3. The summed E-state index contributed by atoms with van der Waals surface area (Å²) in [7, 11) is -3.56. The summed E-state index contributed by atoms with van der Waals surface area (Å²) in [6.07, 6.45) is 0. The molecule has 6 nitrogen and oxygen atoms in total. The maximum atomic E-state index is 13.0. The van der Waals surface area contributed by atoms with Crippen molar-refractivity contribution in [2.75, 3.05) is 31.1 Å². The molecule has 1 saturated heterocycles. The lowest BCUT2D eigenvalue weighted by atomic mass is 10.2. The highest BCUT2D eigenvalue weighted by molar-refractivity contribution is 7.89. The number of aromatic nitrogens is 2. The zero-order valence-electron chi connectivity index (χ0n) is 16.1. The molecular formula is C19H25ClN4O2S. The number of halogens is 1. The van der Waals surface area contributed by atoms with Crippen LogP contribution in [-0.4, -0.2) is 48.9 Å². The number of rotatable bonds is 4. The van der Waals surface area contributed by atoms with Gasteiger partial charge in [0.15, 0.2) is 0 Å². The van der Waals surface area contributed by atoms with Gasteiger partial charge in [0.1, 0.15) is 11.6 Å². The molecule has 0 unspecified atom stereocenters. The second-order valence-electron chi connectivity index (χ2n) is 7.18. The second kappa shape index (κ2) is 7.73. The smallest absolute Gasteiger partial charge is 0.243 e. The Morgan fingerprint density at radius 3 is 2.33 bits per heavy atom. The molecule has 1 aromatic heterocycles. The largest absolute Gasteiger partial charge is 0.354 e. The topological polar surface area (TPSA) is 66.4 Å². The monoisotopic (exact) mass is 408 g/mol. The van der Waals surface area contributed by atoms with E-state index in [0.717, 1.165) is 17.3 Å². The molecule has 0 bridgehead atoms. The molecule has 1 fully saturated rings. The van der Waals surface area contributed by atoms with E-state index in [-0.39, 0.29) is 10.8 Å². The fourth-order valence-electron chi connectivity index (χ4n) is 3.14. The van der Waals surface area contributed by atoms with Crippen LogP contribution in [0.4, 0.5) is 5.82 Å². The Morgan fingerprint density at radius 2 is 1.70 bits per heavy atom. The van der Waals surface area contributed by atoms with E-state index in [0.29, 0.717) is 36.8 Å². The normalized spacial score (nSPS) is 16.1. The van der Waals surface area contributed by atoms with Crippen LogP contribution in [-0.2, 0) is 10.0 Å². The summed E-state index contributed by atoms with van der Waals surface area (Å²) >= 11 is 6.01. The van der Waals surface area contributed by atoms with Crippen LogP contribution in [0.25, 0.3) is 0 Å². The highest BCUT2D eigenvalue weighted by Crippen LogP contribution is 2.26. The molecule has 0 saturated carbocycles. The van der Waals surface area contributed by atoms with Gasteiger partial charge in [-0.15, -0.1) is 0 Å². The van der Waals surface area contributed by atoms with Crippen LogP contribution in [0.1, 0.15) is 36.8 Å². The number of aryl methyl sites for hydroxylation is 2. The van der Waals surface area contributed by atoms with Gasteiger partial charge in [-0.25, -0.2) is 18.4 Å². The van der Waals surface area contributed by atoms with Crippen molar-refractivity contribution in [2.45, 2.75) is 38.5 Å². The van der Waals surface area contributed by atoms with E-state index in [1.165, 1.54) is 10.4 Å². The highest BCUT2D eigenvalue weighted by atomic mass is 35.5. The number of benzene rings is 1. The molecule has 0 spiro atoms. The second-order valence-corrected chi connectivity index (χ2v) is 9.52. The number of piperazine rings is 1. The fraction of sp³-hybridized carbons (Fsp3) is 0.474. The summed E-state index contributed by atoms with van der Waals surface area (Å²) in [6.45, 7) is 9.88. The van der Waals surface area contributed by atoms with Crippen LogP contribution >= 0.6 is 11.6 Å². The molecule has 0 amide bonds. The van der Waals surface area contributed by atoms with Gasteiger partial charge in [0.2, 0.25) is 10.0 Å². The van der Waals surface area contributed by atoms with Crippen molar-refractivity contribution in [1.82, 2.24) is 14.3 Å². The lowest BCUT2D eigenvalue weighted by Gasteiger charge is -2.35. The predicted molar refractivity (Wildman–Crippen MR) is 108 cm³/mol. The van der Waals surface area contributed by atoms with E-state index >= 15 is 0 Å². The van der Waals surface area contributed by atoms with Gasteiger partial charge >= 0.3 is 0 Å². The average Bonchev–Trinajstić information content (AvgIpc) is 2.63. The van der Waals surface area contributed by atoms with E-state index < -0.39 is 10.0 Å². The minimum Gasteiger partial charge on any atom is -0.354 e. The first kappa shape index (κ1) is 20.0. The van der Waals surface area contributed by atoms with E-state index in [2.05, 4.69) is 28.7 Å². The van der Waals surface area contributed by atoms with Gasteiger partial charge in [0.05, 0.1) is 4.90 Å². The molecule has 1 aliphatic heterocycles. The summed E-state index contributed by atoms with van der Waals surface area (Å²) in [6, 6.07) is 6.93. The molecule has 146 valence electrons. The first-order valence-corrected chi connectivity index (χ1v) is 10.9. The molecule has 0 aliphatic carbocycles. The van der Waals surface area contributed by atoms with Crippen LogP contribution in [0.2, 0.25) is 5.02 Å². The summed E-state index contributed by atoms with van der Waals surface area (Å²) < 4.78 is 27.6. The number of anilines is 1. The number of hydrogen-bond donors (Lipinski definition) is 0. The Kier molecular flexibility index (Phi) is 5.74. The van der Waals surface area contributed by atoms with Crippen molar-refractivity contribution < 1.29 is 8.42 Å². The van der Waals surface area contributed by atoms with Crippen molar-refractivity contribution in [2.24, 2.45) is 0 Å². The Morgan fingerprint density at radius 1 is 1.04 bits per heavy atom. The third kappa shape index (κ3) is 4.25. The summed E-state index contributed by atoms with van der Waals surface area (Å²) in [5.74, 6) is 1.92. The zero-order chi connectivity index (χ0) is 19.8. The Balaban J connectivity index is 1.78. The van der Waals surface area contributed by atoms with Gasteiger partial charge in [0.25, 0.3) is 0 Å². The summed E-state index contributed by atoms with van der Waals surface area (Å²) in [5.41, 5.74) is 1.63. The van der Waals surface area contributed by atoms with Crippen molar-refractivity contribution in [3.05, 3.63) is 46.4 Å². The average molecular weight is 409 g/mol.